The number of rotatable bonds is 5. The smallest absolute Gasteiger partial charge is 0.288 e. The lowest BCUT2D eigenvalue weighted by Gasteiger charge is -2.16. The van der Waals surface area contributed by atoms with Crippen LogP contribution >= 0.6 is 0 Å². The van der Waals surface area contributed by atoms with Gasteiger partial charge in [0.1, 0.15) is 6.54 Å². The fourth-order valence-electron chi connectivity index (χ4n) is 1.58. The summed E-state index contributed by atoms with van der Waals surface area (Å²) in [6.07, 6.45) is 1.25. The first-order chi connectivity index (χ1) is 9.36. The number of nitro groups is 1. The molecule has 0 fully saturated rings. The van der Waals surface area contributed by atoms with Gasteiger partial charge in [-0.1, -0.05) is 0 Å². The second-order valence-corrected chi connectivity index (χ2v) is 4.29. The highest BCUT2D eigenvalue weighted by Crippen LogP contribution is 2.13. The minimum Gasteiger partial charge on any atom is -0.343 e. The Morgan fingerprint density at radius 2 is 2.25 bits per heavy atom. The second-order valence-electron chi connectivity index (χ2n) is 4.29. The lowest BCUT2D eigenvalue weighted by atomic mass is 10.2. The zero-order chi connectivity index (χ0) is 15.3. The Morgan fingerprint density at radius 3 is 2.80 bits per heavy atom. The van der Waals surface area contributed by atoms with Crippen molar-refractivity contribution in [3.05, 3.63) is 38.3 Å². The monoisotopic (exact) mass is 278 g/mol. The maximum atomic E-state index is 11.8. The van der Waals surface area contributed by atoms with Crippen LogP contribution in [0.3, 0.4) is 0 Å². The van der Waals surface area contributed by atoms with Crippen molar-refractivity contribution in [2.45, 2.75) is 19.9 Å². The number of hydrogen-bond donors (Lipinski definition) is 0. The molecule has 0 saturated carbocycles. The number of pyridine rings is 1. The lowest BCUT2D eigenvalue weighted by molar-refractivity contribution is -0.385. The van der Waals surface area contributed by atoms with Gasteiger partial charge < -0.3 is 4.90 Å². The highest BCUT2D eigenvalue weighted by molar-refractivity contribution is 5.75. The van der Waals surface area contributed by atoms with Crippen LogP contribution < -0.4 is 5.56 Å². The first-order valence-electron chi connectivity index (χ1n) is 5.83. The molecule has 0 atom stereocenters. The van der Waals surface area contributed by atoms with Crippen molar-refractivity contribution < 1.29 is 9.72 Å². The lowest BCUT2D eigenvalue weighted by Crippen LogP contribution is -2.34. The third-order valence-electron chi connectivity index (χ3n) is 2.79. The zero-order valence-electron chi connectivity index (χ0n) is 11.2. The minimum atomic E-state index is -0.602. The molecule has 1 heterocycles. The quantitative estimate of drug-likeness (QED) is 0.573. The van der Waals surface area contributed by atoms with E-state index in [1.807, 2.05) is 6.07 Å². The molecule has 8 nitrogen and oxygen atoms in total. The summed E-state index contributed by atoms with van der Waals surface area (Å²) in [7, 11) is 1.51. The number of amides is 1. The van der Waals surface area contributed by atoms with Gasteiger partial charge in [0.15, 0.2) is 0 Å². The number of carbonyl (C=O) groups is 1. The van der Waals surface area contributed by atoms with Crippen LogP contribution in [0.5, 0.6) is 0 Å². The fraction of sp³-hybridized carbons (Fsp3) is 0.417. The van der Waals surface area contributed by atoms with Crippen molar-refractivity contribution >= 4 is 11.6 Å². The maximum Gasteiger partial charge on any atom is 0.288 e. The van der Waals surface area contributed by atoms with Gasteiger partial charge in [-0.15, -0.1) is 0 Å². The second kappa shape index (κ2) is 6.47. The predicted molar refractivity (Wildman–Crippen MR) is 70.0 cm³/mol. The van der Waals surface area contributed by atoms with Gasteiger partial charge >= 0.3 is 0 Å². The molecule has 8 heteroatoms. The molecule has 0 aliphatic rings. The predicted octanol–water partition coefficient (Wildman–Crippen LogP) is 0.437. The molecule has 0 aliphatic carbocycles. The van der Waals surface area contributed by atoms with E-state index in [1.165, 1.54) is 18.9 Å². The van der Waals surface area contributed by atoms with E-state index in [-0.39, 0.29) is 36.7 Å². The molecule has 0 spiro atoms. The summed E-state index contributed by atoms with van der Waals surface area (Å²) in [6, 6.07) is 3.03. The summed E-state index contributed by atoms with van der Waals surface area (Å²) in [6.45, 7) is 1.42. The molecule has 1 rings (SSSR count). The molecular formula is C12H14N4O4. The molecule has 0 aliphatic heterocycles. The van der Waals surface area contributed by atoms with Crippen LogP contribution in [-0.4, -0.2) is 33.9 Å². The van der Waals surface area contributed by atoms with E-state index >= 15 is 0 Å². The topological polar surface area (TPSA) is 109 Å². The summed E-state index contributed by atoms with van der Waals surface area (Å²) in [4.78, 5) is 35.0. The summed E-state index contributed by atoms with van der Waals surface area (Å²) in [5.74, 6) is -0.388. The van der Waals surface area contributed by atoms with Crippen LogP contribution in [0, 0.1) is 28.4 Å². The van der Waals surface area contributed by atoms with E-state index in [9.17, 15) is 19.7 Å². The van der Waals surface area contributed by atoms with Gasteiger partial charge in [-0.3, -0.25) is 24.3 Å². The summed E-state index contributed by atoms with van der Waals surface area (Å²) < 4.78 is 0.996. The maximum absolute atomic E-state index is 11.8. The molecule has 0 saturated heterocycles. The zero-order valence-corrected chi connectivity index (χ0v) is 11.2. The van der Waals surface area contributed by atoms with Crippen LogP contribution in [-0.2, 0) is 11.3 Å². The number of carbonyl (C=O) groups excluding carboxylic acids is 1. The molecule has 1 aromatic heterocycles. The van der Waals surface area contributed by atoms with Crippen LogP contribution in [0.2, 0.25) is 0 Å². The molecule has 0 bridgehead atoms. The number of aromatic nitrogens is 1. The number of nitrogens with zero attached hydrogens (tertiary/aromatic N) is 4. The number of nitriles is 1. The van der Waals surface area contributed by atoms with Gasteiger partial charge in [-0.25, -0.2) is 0 Å². The number of aryl methyl sites for hydroxylation is 1. The summed E-state index contributed by atoms with van der Waals surface area (Å²) in [5, 5.41) is 19.2. The molecule has 20 heavy (non-hydrogen) atoms. The Labute approximate surface area is 115 Å². The summed E-state index contributed by atoms with van der Waals surface area (Å²) >= 11 is 0. The van der Waals surface area contributed by atoms with Gasteiger partial charge in [0.25, 0.3) is 11.2 Å². The SMILES string of the molecule is Cc1cc(=O)n(CC(=O)N(C)CCC#N)cc1[N+](=O)[O-]. The normalized spacial score (nSPS) is 9.85. The van der Waals surface area contributed by atoms with Crippen molar-refractivity contribution in [2.24, 2.45) is 0 Å². The largest absolute Gasteiger partial charge is 0.343 e. The van der Waals surface area contributed by atoms with Crippen molar-refractivity contribution in [3.63, 3.8) is 0 Å². The van der Waals surface area contributed by atoms with Crippen molar-refractivity contribution in [2.75, 3.05) is 13.6 Å². The fourth-order valence-corrected chi connectivity index (χ4v) is 1.58. The molecule has 0 aromatic carbocycles. The third kappa shape index (κ3) is 3.65. The minimum absolute atomic E-state index is 0.186. The molecule has 1 amide bonds. The Bertz CT molecular complexity index is 629. The van der Waals surface area contributed by atoms with Gasteiger partial charge in [0.05, 0.1) is 23.6 Å². The van der Waals surface area contributed by atoms with Crippen LogP contribution in [0.15, 0.2) is 17.1 Å². The number of likely N-dealkylation sites (N-methyl/N-ethyl adjacent to an activating group) is 1. The highest BCUT2D eigenvalue weighted by Gasteiger charge is 2.16. The van der Waals surface area contributed by atoms with E-state index in [4.69, 9.17) is 5.26 Å². The molecule has 106 valence electrons. The molecule has 1 aromatic rings. The van der Waals surface area contributed by atoms with Crippen LogP contribution in [0.4, 0.5) is 5.69 Å². The van der Waals surface area contributed by atoms with Crippen LogP contribution in [0.1, 0.15) is 12.0 Å². The molecule has 0 unspecified atom stereocenters. The highest BCUT2D eigenvalue weighted by atomic mass is 16.6. The van der Waals surface area contributed by atoms with E-state index in [0.717, 1.165) is 16.8 Å². The van der Waals surface area contributed by atoms with Crippen molar-refractivity contribution in [3.8, 4) is 6.07 Å². The Balaban J connectivity index is 2.96. The standard InChI is InChI=1S/C12H14N4O4/c1-9-6-11(17)15(7-10(9)16(19)20)8-12(18)14(2)5-3-4-13/h6-7H,3,5,8H2,1-2H3. The average molecular weight is 278 g/mol. The molecule has 0 N–H and O–H groups in total. The van der Waals surface area contributed by atoms with E-state index in [1.54, 1.807) is 0 Å². The van der Waals surface area contributed by atoms with Gasteiger partial charge in [-0.05, 0) is 6.92 Å². The first kappa shape index (κ1) is 15.4. The van der Waals surface area contributed by atoms with Gasteiger partial charge in [0.2, 0.25) is 5.91 Å². The Morgan fingerprint density at radius 1 is 1.60 bits per heavy atom. The van der Waals surface area contributed by atoms with Gasteiger partial charge in [0, 0.05) is 25.2 Å². The summed E-state index contributed by atoms with van der Waals surface area (Å²) in [5.41, 5.74) is -0.436. The number of hydrogen-bond acceptors (Lipinski definition) is 5. The Hall–Kier alpha value is -2.69. The molecule has 0 radical (unpaired) electrons. The van der Waals surface area contributed by atoms with Gasteiger partial charge in [-0.2, -0.15) is 5.26 Å². The first-order valence-corrected chi connectivity index (χ1v) is 5.83. The van der Waals surface area contributed by atoms with Crippen molar-refractivity contribution in [1.29, 1.82) is 5.26 Å². The average Bonchev–Trinajstić information content (AvgIpc) is 2.38. The van der Waals surface area contributed by atoms with E-state index in [2.05, 4.69) is 0 Å². The van der Waals surface area contributed by atoms with E-state index < -0.39 is 10.5 Å². The van der Waals surface area contributed by atoms with Crippen LogP contribution in [0.25, 0.3) is 0 Å². The third-order valence-corrected chi connectivity index (χ3v) is 2.79. The Kier molecular flexibility index (Phi) is 4.97. The van der Waals surface area contributed by atoms with E-state index in [0.29, 0.717) is 0 Å². The van der Waals surface area contributed by atoms with Crippen molar-refractivity contribution in [1.82, 2.24) is 9.47 Å². The molecular weight excluding hydrogens is 264 g/mol.